The Labute approximate surface area is 136 Å². The summed E-state index contributed by atoms with van der Waals surface area (Å²) in [5.74, 6) is 6.39. The van der Waals surface area contributed by atoms with E-state index in [0.717, 1.165) is 21.4 Å². The fraction of sp³-hybridized carbons (Fsp3) is 0.316. The Hall–Kier alpha value is -2.51. The van der Waals surface area contributed by atoms with Gasteiger partial charge in [0.05, 0.1) is 19.9 Å². The van der Waals surface area contributed by atoms with E-state index in [-0.39, 0.29) is 5.41 Å². The molecule has 2 rings (SSSR count). The molecule has 2 aromatic carbocycles. The standard InChI is InChI=1S/C19H21NO3/c1-19(2,3)12-11-14-9-10-15-7-6-8-17(16(15)13-14)20(23-5)18(21)22-4/h6-10,13H,1-5H3. The zero-order valence-corrected chi connectivity index (χ0v) is 14.1. The van der Waals surface area contributed by atoms with E-state index in [4.69, 9.17) is 9.57 Å². The SMILES string of the molecule is COC(=O)N(OC)c1cccc2ccc(C#CC(C)(C)C)cc12. The summed E-state index contributed by atoms with van der Waals surface area (Å²) in [6.07, 6.45) is -0.578. The molecule has 0 radical (unpaired) electrons. The minimum Gasteiger partial charge on any atom is -0.451 e. The summed E-state index contributed by atoms with van der Waals surface area (Å²) < 4.78 is 4.76. The van der Waals surface area contributed by atoms with Gasteiger partial charge in [-0.15, -0.1) is 0 Å². The van der Waals surface area contributed by atoms with Crippen LogP contribution in [0, 0.1) is 17.3 Å². The van der Waals surface area contributed by atoms with Crippen LogP contribution in [-0.2, 0) is 9.57 Å². The molecular weight excluding hydrogens is 290 g/mol. The number of hydroxylamine groups is 1. The Kier molecular flexibility index (Phi) is 4.92. The molecule has 0 bridgehead atoms. The van der Waals surface area contributed by atoms with Crippen LogP contribution in [0.15, 0.2) is 36.4 Å². The van der Waals surface area contributed by atoms with Crippen molar-refractivity contribution >= 4 is 22.6 Å². The number of amides is 1. The van der Waals surface area contributed by atoms with Gasteiger partial charge in [0.2, 0.25) is 0 Å². The molecule has 0 aliphatic carbocycles. The molecule has 0 unspecified atom stereocenters. The van der Waals surface area contributed by atoms with Crippen molar-refractivity contribution in [3.8, 4) is 11.8 Å². The fourth-order valence-corrected chi connectivity index (χ4v) is 2.12. The number of carbonyl (C=O) groups excluding carboxylic acids is 1. The molecular formula is C19H21NO3. The molecule has 4 heteroatoms. The van der Waals surface area contributed by atoms with Crippen LogP contribution in [0.25, 0.3) is 10.8 Å². The van der Waals surface area contributed by atoms with Crippen LogP contribution in [-0.4, -0.2) is 20.3 Å². The number of ether oxygens (including phenoxy) is 1. The zero-order valence-electron chi connectivity index (χ0n) is 14.1. The Morgan fingerprint density at radius 3 is 2.48 bits per heavy atom. The molecule has 0 aromatic heterocycles. The van der Waals surface area contributed by atoms with Crippen molar-refractivity contribution in [2.24, 2.45) is 5.41 Å². The lowest BCUT2D eigenvalue weighted by molar-refractivity contribution is 0.116. The monoisotopic (exact) mass is 311 g/mol. The average molecular weight is 311 g/mol. The normalized spacial score (nSPS) is 10.8. The summed E-state index contributed by atoms with van der Waals surface area (Å²) in [5.41, 5.74) is 1.44. The molecule has 0 aliphatic rings. The number of benzene rings is 2. The van der Waals surface area contributed by atoms with Crippen LogP contribution in [0.2, 0.25) is 0 Å². The first-order chi connectivity index (χ1) is 10.9. The third kappa shape index (κ3) is 4.02. The first kappa shape index (κ1) is 16.9. The van der Waals surface area contributed by atoms with Gasteiger partial charge in [-0.1, -0.05) is 30.0 Å². The van der Waals surface area contributed by atoms with E-state index in [1.165, 1.54) is 14.2 Å². The van der Waals surface area contributed by atoms with Crippen molar-refractivity contribution in [3.05, 3.63) is 42.0 Å². The van der Waals surface area contributed by atoms with Gasteiger partial charge in [-0.05, 0) is 44.4 Å². The Bertz CT molecular complexity index is 779. The van der Waals surface area contributed by atoms with Crippen molar-refractivity contribution in [2.75, 3.05) is 19.3 Å². The lowest BCUT2D eigenvalue weighted by Crippen LogP contribution is -2.29. The maximum Gasteiger partial charge on any atom is 0.438 e. The smallest absolute Gasteiger partial charge is 0.438 e. The second kappa shape index (κ2) is 6.72. The van der Waals surface area contributed by atoms with E-state index in [9.17, 15) is 4.79 Å². The summed E-state index contributed by atoms with van der Waals surface area (Å²) in [6, 6.07) is 11.6. The van der Waals surface area contributed by atoms with E-state index >= 15 is 0 Å². The number of fused-ring (bicyclic) bond motifs is 1. The number of methoxy groups -OCH3 is 1. The second-order valence-corrected chi connectivity index (χ2v) is 6.16. The van der Waals surface area contributed by atoms with Crippen LogP contribution in [0.1, 0.15) is 26.3 Å². The second-order valence-electron chi connectivity index (χ2n) is 6.16. The average Bonchev–Trinajstić information content (AvgIpc) is 2.52. The van der Waals surface area contributed by atoms with Gasteiger partial charge in [0.1, 0.15) is 0 Å². The van der Waals surface area contributed by atoms with Crippen molar-refractivity contribution in [1.82, 2.24) is 0 Å². The van der Waals surface area contributed by atoms with Gasteiger partial charge in [0, 0.05) is 16.4 Å². The van der Waals surface area contributed by atoms with Crippen molar-refractivity contribution in [1.29, 1.82) is 0 Å². The first-order valence-corrected chi connectivity index (χ1v) is 7.34. The van der Waals surface area contributed by atoms with E-state index in [0.29, 0.717) is 5.69 Å². The van der Waals surface area contributed by atoms with E-state index in [2.05, 4.69) is 32.6 Å². The van der Waals surface area contributed by atoms with Gasteiger partial charge < -0.3 is 4.74 Å². The largest absolute Gasteiger partial charge is 0.451 e. The van der Waals surface area contributed by atoms with Crippen molar-refractivity contribution in [2.45, 2.75) is 20.8 Å². The predicted molar refractivity (Wildman–Crippen MR) is 92.2 cm³/mol. The van der Waals surface area contributed by atoms with Gasteiger partial charge in [-0.2, -0.15) is 5.06 Å². The molecule has 23 heavy (non-hydrogen) atoms. The Balaban J connectivity index is 2.57. The topological polar surface area (TPSA) is 38.8 Å². The Morgan fingerprint density at radius 1 is 1.13 bits per heavy atom. The molecule has 0 aliphatic heterocycles. The lowest BCUT2D eigenvalue weighted by atomic mass is 9.97. The third-order valence-electron chi connectivity index (χ3n) is 3.18. The molecule has 0 N–H and O–H groups in total. The molecule has 0 spiro atoms. The lowest BCUT2D eigenvalue weighted by Gasteiger charge is -2.19. The maximum absolute atomic E-state index is 11.9. The molecule has 0 saturated heterocycles. The number of nitrogens with zero attached hydrogens (tertiary/aromatic N) is 1. The van der Waals surface area contributed by atoms with Gasteiger partial charge in [-0.3, -0.25) is 4.84 Å². The number of carbonyl (C=O) groups is 1. The van der Waals surface area contributed by atoms with Crippen LogP contribution in [0.4, 0.5) is 10.5 Å². The van der Waals surface area contributed by atoms with Gasteiger partial charge in [0.25, 0.3) is 0 Å². The molecule has 4 nitrogen and oxygen atoms in total. The highest BCUT2D eigenvalue weighted by Crippen LogP contribution is 2.28. The minimum absolute atomic E-state index is 0.0704. The van der Waals surface area contributed by atoms with Gasteiger partial charge >= 0.3 is 6.09 Å². The van der Waals surface area contributed by atoms with Crippen molar-refractivity contribution < 1.29 is 14.4 Å². The molecule has 0 fully saturated rings. The Morgan fingerprint density at radius 2 is 1.87 bits per heavy atom. The van der Waals surface area contributed by atoms with Crippen LogP contribution < -0.4 is 5.06 Å². The molecule has 2 aromatic rings. The quantitative estimate of drug-likeness (QED) is 0.610. The predicted octanol–water partition coefficient (Wildman–Crippen LogP) is 4.37. The molecule has 0 saturated carbocycles. The first-order valence-electron chi connectivity index (χ1n) is 7.34. The van der Waals surface area contributed by atoms with E-state index < -0.39 is 6.09 Å². The summed E-state index contributed by atoms with van der Waals surface area (Å²) in [7, 11) is 2.75. The van der Waals surface area contributed by atoms with E-state index in [1.54, 1.807) is 0 Å². The highest BCUT2D eigenvalue weighted by Gasteiger charge is 2.18. The maximum atomic E-state index is 11.9. The van der Waals surface area contributed by atoms with Crippen molar-refractivity contribution in [3.63, 3.8) is 0 Å². The zero-order chi connectivity index (χ0) is 17.0. The molecule has 1 amide bonds. The molecule has 0 heterocycles. The third-order valence-corrected chi connectivity index (χ3v) is 3.18. The van der Waals surface area contributed by atoms with Crippen LogP contribution >= 0.6 is 0 Å². The summed E-state index contributed by atoms with van der Waals surface area (Å²) in [4.78, 5) is 17.1. The highest BCUT2D eigenvalue weighted by atomic mass is 16.7. The fourth-order valence-electron chi connectivity index (χ4n) is 2.12. The number of anilines is 1. The number of hydrogen-bond donors (Lipinski definition) is 0. The summed E-state index contributed by atoms with van der Waals surface area (Å²) in [6.45, 7) is 6.20. The molecule has 120 valence electrons. The summed E-state index contributed by atoms with van der Waals surface area (Å²) >= 11 is 0. The minimum atomic E-state index is -0.578. The molecule has 0 atom stereocenters. The van der Waals surface area contributed by atoms with E-state index in [1.807, 2.05) is 36.4 Å². The highest BCUT2D eigenvalue weighted by molar-refractivity contribution is 6.00. The van der Waals surface area contributed by atoms with Gasteiger partial charge in [0.15, 0.2) is 0 Å². The van der Waals surface area contributed by atoms with Gasteiger partial charge in [-0.25, -0.2) is 4.79 Å². The number of rotatable bonds is 2. The van der Waals surface area contributed by atoms with Crippen LogP contribution in [0.5, 0.6) is 0 Å². The van der Waals surface area contributed by atoms with Crippen LogP contribution in [0.3, 0.4) is 0 Å². The summed E-state index contributed by atoms with van der Waals surface area (Å²) in [5, 5.41) is 3.00. The number of hydrogen-bond acceptors (Lipinski definition) is 3.